The average molecular weight is 223 g/mol. The summed E-state index contributed by atoms with van der Waals surface area (Å²) in [5.74, 6) is 7.21. The summed E-state index contributed by atoms with van der Waals surface area (Å²) in [6, 6.07) is 2.25. The van der Waals surface area contributed by atoms with Gasteiger partial charge in [-0.15, -0.1) is 0 Å². The molecule has 90 valence electrons. The highest BCUT2D eigenvalue weighted by molar-refractivity contribution is 5.39. The third-order valence-electron chi connectivity index (χ3n) is 2.36. The number of rotatable bonds is 6. The Kier molecular flexibility index (Phi) is 4.98. The first-order valence-corrected chi connectivity index (χ1v) is 5.68. The van der Waals surface area contributed by atoms with Crippen LogP contribution in [-0.4, -0.2) is 16.0 Å². The molecule has 1 atom stereocenters. The predicted octanol–water partition coefficient (Wildman–Crippen LogP) is 2.00. The van der Waals surface area contributed by atoms with Crippen LogP contribution in [0.3, 0.4) is 0 Å². The average Bonchev–Trinajstić information content (AvgIpc) is 2.26. The van der Waals surface area contributed by atoms with Crippen LogP contribution in [0.4, 0.5) is 11.8 Å². The van der Waals surface area contributed by atoms with Crippen molar-refractivity contribution in [3.05, 3.63) is 12.3 Å². The van der Waals surface area contributed by atoms with Crippen molar-refractivity contribution in [3.63, 3.8) is 0 Å². The second kappa shape index (κ2) is 6.27. The number of nitrogens with two attached hydrogens (primary N) is 1. The summed E-state index contributed by atoms with van der Waals surface area (Å²) in [7, 11) is 0. The van der Waals surface area contributed by atoms with Crippen molar-refractivity contribution in [1.29, 1.82) is 0 Å². The van der Waals surface area contributed by atoms with Gasteiger partial charge in [0, 0.05) is 12.2 Å². The monoisotopic (exact) mass is 223 g/mol. The fourth-order valence-corrected chi connectivity index (χ4v) is 1.42. The van der Waals surface area contributed by atoms with Gasteiger partial charge >= 0.3 is 0 Å². The van der Waals surface area contributed by atoms with Gasteiger partial charge in [0.15, 0.2) is 0 Å². The first kappa shape index (κ1) is 12.7. The highest BCUT2D eigenvalue weighted by Crippen LogP contribution is 2.11. The van der Waals surface area contributed by atoms with Crippen LogP contribution in [0, 0.1) is 5.92 Å². The minimum absolute atomic E-state index is 0.405. The maximum Gasteiger partial charge on any atom is 0.239 e. The van der Waals surface area contributed by atoms with Crippen molar-refractivity contribution in [1.82, 2.24) is 9.97 Å². The Bertz CT molecular complexity index is 313. The van der Waals surface area contributed by atoms with Crippen LogP contribution in [0.1, 0.15) is 33.6 Å². The standard InChI is InChI=1S/C11H21N5/c1-8(2)4-5-9(3)14-10-6-7-13-11(15-10)16-12/h6-9H,4-5,12H2,1-3H3,(H2,13,14,15,16). The largest absolute Gasteiger partial charge is 0.367 e. The Morgan fingerprint density at radius 2 is 2.06 bits per heavy atom. The Balaban J connectivity index is 2.45. The summed E-state index contributed by atoms with van der Waals surface area (Å²) >= 11 is 0. The van der Waals surface area contributed by atoms with Crippen LogP contribution >= 0.6 is 0 Å². The zero-order valence-corrected chi connectivity index (χ0v) is 10.2. The molecule has 5 nitrogen and oxygen atoms in total. The van der Waals surface area contributed by atoms with Crippen LogP contribution in [0.25, 0.3) is 0 Å². The van der Waals surface area contributed by atoms with Crippen molar-refractivity contribution in [3.8, 4) is 0 Å². The van der Waals surface area contributed by atoms with Crippen molar-refractivity contribution < 1.29 is 0 Å². The van der Waals surface area contributed by atoms with Crippen molar-refractivity contribution in [2.75, 3.05) is 10.7 Å². The molecule has 0 aromatic carbocycles. The molecule has 0 spiro atoms. The molecule has 0 bridgehead atoms. The summed E-state index contributed by atoms with van der Waals surface area (Å²) in [6.45, 7) is 6.61. The molecule has 0 fully saturated rings. The van der Waals surface area contributed by atoms with E-state index in [1.807, 2.05) is 6.07 Å². The van der Waals surface area contributed by atoms with Gasteiger partial charge in [-0.05, 0) is 31.7 Å². The highest BCUT2D eigenvalue weighted by Gasteiger charge is 2.05. The number of anilines is 2. The first-order valence-electron chi connectivity index (χ1n) is 5.68. The van der Waals surface area contributed by atoms with E-state index in [0.717, 1.165) is 18.2 Å². The van der Waals surface area contributed by atoms with E-state index >= 15 is 0 Å². The maximum absolute atomic E-state index is 5.25. The zero-order chi connectivity index (χ0) is 12.0. The molecule has 0 aliphatic carbocycles. The quantitative estimate of drug-likeness (QED) is 0.508. The number of nitrogens with zero attached hydrogens (tertiary/aromatic N) is 2. The lowest BCUT2D eigenvalue weighted by Crippen LogP contribution is -2.18. The molecule has 0 amide bonds. The number of hydrogen-bond donors (Lipinski definition) is 3. The molecule has 16 heavy (non-hydrogen) atoms. The fourth-order valence-electron chi connectivity index (χ4n) is 1.42. The SMILES string of the molecule is CC(C)CCC(C)Nc1ccnc(NN)n1. The van der Waals surface area contributed by atoms with E-state index < -0.39 is 0 Å². The topological polar surface area (TPSA) is 75.9 Å². The van der Waals surface area contributed by atoms with Crippen LogP contribution < -0.4 is 16.6 Å². The number of hydrazine groups is 1. The molecule has 0 saturated heterocycles. The molecule has 1 aromatic rings. The lowest BCUT2D eigenvalue weighted by molar-refractivity contribution is 0.527. The summed E-state index contributed by atoms with van der Waals surface area (Å²) in [4.78, 5) is 8.15. The van der Waals surface area contributed by atoms with Gasteiger partial charge in [0.1, 0.15) is 5.82 Å². The van der Waals surface area contributed by atoms with Crippen LogP contribution in [-0.2, 0) is 0 Å². The summed E-state index contributed by atoms with van der Waals surface area (Å²) in [5, 5.41) is 3.33. The summed E-state index contributed by atoms with van der Waals surface area (Å²) in [5.41, 5.74) is 2.43. The van der Waals surface area contributed by atoms with Gasteiger partial charge in [-0.1, -0.05) is 13.8 Å². The molecular weight excluding hydrogens is 202 g/mol. The second-order valence-electron chi connectivity index (χ2n) is 4.43. The normalized spacial score (nSPS) is 12.6. The van der Waals surface area contributed by atoms with Gasteiger partial charge in [0.2, 0.25) is 5.95 Å². The van der Waals surface area contributed by atoms with Gasteiger partial charge in [-0.3, -0.25) is 5.43 Å². The van der Waals surface area contributed by atoms with E-state index in [0.29, 0.717) is 12.0 Å². The third-order valence-corrected chi connectivity index (χ3v) is 2.36. The molecule has 0 aliphatic rings. The number of hydrogen-bond acceptors (Lipinski definition) is 5. The molecular formula is C11H21N5. The molecule has 0 aliphatic heterocycles. The molecule has 4 N–H and O–H groups in total. The fraction of sp³-hybridized carbons (Fsp3) is 0.636. The molecule has 1 rings (SSSR count). The lowest BCUT2D eigenvalue weighted by Gasteiger charge is -2.15. The number of aromatic nitrogens is 2. The van der Waals surface area contributed by atoms with Crippen molar-refractivity contribution in [2.45, 2.75) is 39.7 Å². The van der Waals surface area contributed by atoms with E-state index in [4.69, 9.17) is 5.84 Å². The van der Waals surface area contributed by atoms with Crippen LogP contribution in [0.15, 0.2) is 12.3 Å². The Morgan fingerprint density at radius 1 is 1.31 bits per heavy atom. The third kappa shape index (κ3) is 4.44. The second-order valence-corrected chi connectivity index (χ2v) is 4.43. The van der Waals surface area contributed by atoms with Crippen molar-refractivity contribution >= 4 is 11.8 Å². The van der Waals surface area contributed by atoms with Crippen molar-refractivity contribution in [2.24, 2.45) is 11.8 Å². The maximum atomic E-state index is 5.25. The zero-order valence-electron chi connectivity index (χ0n) is 10.2. The summed E-state index contributed by atoms with van der Waals surface area (Å²) < 4.78 is 0. The Hall–Kier alpha value is -1.36. The molecule has 0 saturated carbocycles. The smallest absolute Gasteiger partial charge is 0.239 e. The Labute approximate surface area is 96.8 Å². The van der Waals surface area contributed by atoms with E-state index in [1.54, 1.807) is 6.20 Å². The highest BCUT2D eigenvalue weighted by atomic mass is 15.3. The van der Waals surface area contributed by atoms with E-state index in [9.17, 15) is 0 Å². The Morgan fingerprint density at radius 3 is 2.69 bits per heavy atom. The van der Waals surface area contributed by atoms with Gasteiger partial charge in [-0.25, -0.2) is 10.8 Å². The van der Waals surface area contributed by atoms with Gasteiger partial charge < -0.3 is 5.32 Å². The van der Waals surface area contributed by atoms with Crippen LogP contribution in [0.2, 0.25) is 0 Å². The van der Waals surface area contributed by atoms with Gasteiger partial charge in [0.05, 0.1) is 0 Å². The first-order chi connectivity index (χ1) is 7.61. The summed E-state index contributed by atoms with van der Waals surface area (Å²) in [6.07, 6.45) is 4.02. The van der Waals surface area contributed by atoms with E-state index in [1.165, 1.54) is 6.42 Å². The minimum Gasteiger partial charge on any atom is -0.367 e. The number of nitrogens with one attached hydrogen (secondary N) is 2. The van der Waals surface area contributed by atoms with E-state index in [2.05, 4.69) is 41.5 Å². The molecule has 0 radical (unpaired) electrons. The molecule has 1 unspecified atom stereocenters. The number of nitrogen functional groups attached to an aromatic ring is 1. The predicted molar refractivity (Wildman–Crippen MR) is 67.0 cm³/mol. The van der Waals surface area contributed by atoms with Crippen LogP contribution in [0.5, 0.6) is 0 Å². The molecule has 5 heteroatoms. The van der Waals surface area contributed by atoms with Gasteiger partial charge in [-0.2, -0.15) is 4.98 Å². The van der Waals surface area contributed by atoms with E-state index in [-0.39, 0.29) is 0 Å². The minimum atomic E-state index is 0.405. The molecule has 1 heterocycles. The lowest BCUT2D eigenvalue weighted by atomic mass is 10.0. The van der Waals surface area contributed by atoms with Gasteiger partial charge in [0.25, 0.3) is 0 Å². The molecule has 1 aromatic heterocycles.